The first-order chi connectivity index (χ1) is 20.4. The fraction of sp³-hybridized carbons (Fsp3) is 0.333. The smallest absolute Gasteiger partial charge is 0.387 e. The zero-order valence-electron chi connectivity index (χ0n) is 23.1. The normalized spacial score (nSPS) is 17.2. The van der Waals surface area contributed by atoms with Gasteiger partial charge in [0.2, 0.25) is 5.91 Å². The molecule has 0 spiro atoms. The Hall–Kier alpha value is -4.58. The van der Waals surface area contributed by atoms with Gasteiger partial charge in [-0.2, -0.15) is 8.78 Å². The molecule has 2 saturated heterocycles. The molecule has 2 fully saturated rings. The van der Waals surface area contributed by atoms with E-state index < -0.39 is 6.61 Å². The molecule has 2 aliphatic heterocycles. The predicted octanol–water partition coefficient (Wildman–Crippen LogP) is 3.94. The van der Waals surface area contributed by atoms with Crippen LogP contribution in [0.1, 0.15) is 22.3 Å². The maximum absolute atomic E-state index is 13.3. The summed E-state index contributed by atoms with van der Waals surface area (Å²) in [5.74, 6) is 0.794. The Morgan fingerprint density at radius 2 is 1.81 bits per heavy atom. The fourth-order valence-electron chi connectivity index (χ4n) is 5.57. The van der Waals surface area contributed by atoms with Crippen molar-refractivity contribution < 1.29 is 23.1 Å². The molecule has 0 radical (unpaired) electrons. The number of amides is 2. The minimum Gasteiger partial charge on any atom is -0.435 e. The molecular formula is C30H31F2N7O3. The zero-order valence-corrected chi connectivity index (χ0v) is 23.1. The summed E-state index contributed by atoms with van der Waals surface area (Å²) >= 11 is 0. The SMILES string of the molecule is Cc1cc(Nc2nccn3c(-c4ccc(OC(F)F)cc4)cnc23)ccc1C(=O)N1CCN(C(=O)[C@@H]2CCNC2)CC1. The third kappa shape index (κ3) is 5.62. The number of carbonyl (C=O) groups excluding carboxylic acids is 2. The first-order valence-corrected chi connectivity index (χ1v) is 13.9. The predicted molar refractivity (Wildman–Crippen MR) is 153 cm³/mol. The number of nitrogens with zero attached hydrogens (tertiary/aromatic N) is 5. The number of halogens is 2. The molecule has 4 heterocycles. The molecular weight excluding hydrogens is 544 g/mol. The summed E-state index contributed by atoms with van der Waals surface area (Å²) in [4.78, 5) is 38.7. The molecule has 2 amide bonds. The Balaban J connectivity index is 1.13. The van der Waals surface area contributed by atoms with Gasteiger partial charge in [-0.05, 0) is 67.9 Å². The van der Waals surface area contributed by atoms with E-state index in [2.05, 4.69) is 25.3 Å². The Bertz CT molecular complexity index is 1590. The molecule has 2 aromatic carbocycles. The van der Waals surface area contributed by atoms with E-state index >= 15 is 0 Å². The summed E-state index contributed by atoms with van der Waals surface area (Å²) in [7, 11) is 0. The van der Waals surface area contributed by atoms with E-state index in [4.69, 9.17) is 0 Å². The minimum absolute atomic E-state index is 0.0447. The van der Waals surface area contributed by atoms with Crippen molar-refractivity contribution >= 4 is 29.0 Å². The number of carbonyl (C=O) groups is 2. The molecule has 0 aliphatic carbocycles. The van der Waals surface area contributed by atoms with Crippen LogP contribution < -0.4 is 15.4 Å². The van der Waals surface area contributed by atoms with E-state index in [-0.39, 0.29) is 23.5 Å². The van der Waals surface area contributed by atoms with Gasteiger partial charge >= 0.3 is 6.61 Å². The molecule has 12 heteroatoms. The van der Waals surface area contributed by atoms with E-state index in [9.17, 15) is 18.4 Å². The van der Waals surface area contributed by atoms with E-state index in [1.54, 1.807) is 30.7 Å². The van der Waals surface area contributed by atoms with Gasteiger partial charge in [0.1, 0.15) is 5.75 Å². The second kappa shape index (κ2) is 11.7. The number of rotatable bonds is 7. The fourth-order valence-corrected chi connectivity index (χ4v) is 5.57. The Morgan fingerprint density at radius 3 is 2.50 bits per heavy atom. The van der Waals surface area contributed by atoms with E-state index in [1.165, 1.54) is 12.1 Å². The number of piperazine rings is 1. The highest BCUT2D eigenvalue weighted by Gasteiger charge is 2.31. The largest absolute Gasteiger partial charge is 0.435 e. The van der Waals surface area contributed by atoms with Crippen LogP contribution >= 0.6 is 0 Å². The number of benzene rings is 2. The van der Waals surface area contributed by atoms with Crippen LogP contribution in [0.2, 0.25) is 0 Å². The van der Waals surface area contributed by atoms with Gasteiger partial charge in [0.05, 0.1) is 17.8 Å². The highest BCUT2D eigenvalue weighted by molar-refractivity contribution is 5.96. The first kappa shape index (κ1) is 27.6. The van der Waals surface area contributed by atoms with Crippen molar-refractivity contribution in [3.8, 4) is 17.0 Å². The number of ether oxygens (including phenoxy) is 1. The average molecular weight is 576 g/mol. The Kier molecular flexibility index (Phi) is 7.70. The van der Waals surface area contributed by atoms with Crippen LogP contribution in [-0.2, 0) is 4.79 Å². The minimum atomic E-state index is -2.88. The van der Waals surface area contributed by atoms with Gasteiger partial charge in [-0.1, -0.05) is 0 Å². The molecule has 4 aromatic rings. The third-order valence-corrected chi connectivity index (χ3v) is 7.81. The number of alkyl halides is 2. The summed E-state index contributed by atoms with van der Waals surface area (Å²) in [5, 5.41) is 6.54. The second-order valence-corrected chi connectivity index (χ2v) is 10.5. The summed E-state index contributed by atoms with van der Waals surface area (Å²) in [6.07, 6.45) is 5.99. The summed E-state index contributed by atoms with van der Waals surface area (Å²) in [6.45, 7) is 2.76. The maximum Gasteiger partial charge on any atom is 0.387 e. The molecule has 2 N–H and O–H groups in total. The van der Waals surface area contributed by atoms with Gasteiger partial charge in [-0.25, -0.2) is 9.97 Å². The summed E-state index contributed by atoms with van der Waals surface area (Å²) in [6, 6.07) is 11.9. The van der Waals surface area contributed by atoms with E-state index in [1.807, 2.05) is 39.3 Å². The van der Waals surface area contributed by atoms with Crippen LogP contribution in [0.25, 0.3) is 16.9 Å². The zero-order chi connectivity index (χ0) is 29.2. The van der Waals surface area contributed by atoms with E-state index in [0.29, 0.717) is 43.2 Å². The van der Waals surface area contributed by atoms with Gasteiger partial charge in [-0.3, -0.25) is 14.0 Å². The van der Waals surface area contributed by atoms with E-state index in [0.717, 1.165) is 42.0 Å². The molecule has 10 nitrogen and oxygen atoms in total. The van der Waals surface area contributed by atoms with Crippen molar-refractivity contribution in [2.75, 3.05) is 44.6 Å². The topological polar surface area (TPSA) is 104 Å². The van der Waals surface area contributed by atoms with Crippen LogP contribution in [0.3, 0.4) is 0 Å². The monoisotopic (exact) mass is 575 g/mol. The van der Waals surface area contributed by atoms with Crippen molar-refractivity contribution in [2.24, 2.45) is 5.92 Å². The van der Waals surface area contributed by atoms with Crippen LogP contribution in [0, 0.1) is 12.8 Å². The highest BCUT2D eigenvalue weighted by Crippen LogP contribution is 2.28. The molecule has 6 rings (SSSR count). The lowest BCUT2D eigenvalue weighted by Gasteiger charge is -2.36. The number of nitrogens with one attached hydrogen (secondary N) is 2. The second-order valence-electron chi connectivity index (χ2n) is 10.5. The number of hydrogen-bond donors (Lipinski definition) is 2. The van der Waals surface area contributed by atoms with Crippen molar-refractivity contribution in [1.82, 2.24) is 29.5 Å². The number of hydrogen-bond acceptors (Lipinski definition) is 7. The number of anilines is 2. The maximum atomic E-state index is 13.3. The third-order valence-electron chi connectivity index (χ3n) is 7.81. The van der Waals surface area contributed by atoms with Crippen LogP contribution in [0.15, 0.2) is 61.1 Å². The van der Waals surface area contributed by atoms with Crippen molar-refractivity contribution in [3.05, 3.63) is 72.2 Å². The van der Waals surface area contributed by atoms with Crippen molar-refractivity contribution in [2.45, 2.75) is 20.0 Å². The summed E-state index contributed by atoms with van der Waals surface area (Å²) < 4.78 is 31.3. The molecule has 0 bridgehead atoms. The summed E-state index contributed by atoms with van der Waals surface area (Å²) in [5.41, 5.74) is 4.32. The number of imidazole rings is 1. The lowest BCUT2D eigenvalue weighted by molar-refractivity contribution is -0.136. The molecule has 218 valence electrons. The van der Waals surface area contributed by atoms with Gasteiger partial charge < -0.3 is 25.2 Å². The number of aromatic nitrogens is 3. The standard InChI is InChI=1S/C30H31F2N7O3/c1-19-16-22(4-7-24(19)29(41)38-14-12-37(13-15-38)28(40)21-8-9-33-17-21)36-26-27-35-18-25(39(27)11-10-34-26)20-2-5-23(6-3-20)42-30(31)32/h2-7,10-11,16,18,21,30,33H,8-9,12-15,17H2,1H3,(H,34,36)/t21-/m1/s1. The Morgan fingerprint density at radius 1 is 1.05 bits per heavy atom. The molecule has 2 aromatic heterocycles. The highest BCUT2D eigenvalue weighted by atomic mass is 19.3. The van der Waals surface area contributed by atoms with Gasteiger partial charge in [0, 0.05) is 61.9 Å². The average Bonchev–Trinajstić information content (AvgIpc) is 3.68. The van der Waals surface area contributed by atoms with Crippen LogP contribution in [0.4, 0.5) is 20.3 Å². The molecule has 42 heavy (non-hydrogen) atoms. The molecule has 0 saturated carbocycles. The van der Waals surface area contributed by atoms with Gasteiger partial charge in [-0.15, -0.1) is 0 Å². The van der Waals surface area contributed by atoms with Gasteiger partial charge in [0.25, 0.3) is 5.91 Å². The number of fused-ring (bicyclic) bond motifs is 1. The lowest BCUT2D eigenvalue weighted by atomic mass is 10.0. The molecule has 0 unspecified atom stereocenters. The van der Waals surface area contributed by atoms with Crippen molar-refractivity contribution in [3.63, 3.8) is 0 Å². The van der Waals surface area contributed by atoms with Crippen molar-refractivity contribution in [1.29, 1.82) is 0 Å². The Labute approximate surface area is 241 Å². The quantitative estimate of drug-likeness (QED) is 0.344. The lowest BCUT2D eigenvalue weighted by Crippen LogP contribution is -2.52. The first-order valence-electron chi connectivity index (χ1n) is 13.9. The molecule has 1 atom stereocenters. The number of aryl methyl sites for hydroxylation is 1. The van der Waals surface area contributed by atoms with Crippen LogP contribution in [-0.4, -0.2) is 81.9 Å². The molecule has 2 aliphatic rings. The van der Waals surface area contributed by atoms with Crippen LogP contribution in [0.5, 0.6) is 5.75 Å². The van der Waals surface area contributed by atoms with Gasteiger partial charge in [0.15, 0.2) is 11.5 Å².